The Bertz CT molecular complexity index is 2230. The number of furan rings is 1. The molecule has 0 spiro atoms. The largest absolute Gasteiger partial charge is 0.456 e. The highest BCUT2D eigenvalue weighted by Crippen LogP contribution is 2.55. The summed E-state index contributed by atoms with van der Waals surface area (Å²) in [5.41, 5.74) is 10.6. The number of para-hydroxylation sites is 1. The van der Waals surface area contributed by atoms with Gasteiger partial charge in [-0.1, -0.05) is 89.2 Å². The molecule has 224 valence electrons. The number of nitriles is 1. The number of rotatable bonds is 3. The van der Waals surface area contributed by atoms with Crippen LogP contribution in [0, 0.1) is 11.3 Å². The summed E-state index contributed by atoms with van der Waals surface area (Å²) in [4.78, 5) is 4.92. The number of nitrogens with zero attached hydrogens (tertiary/aromatic N) is 4. The molecule has 5 nitrogen and oxygen atoms in total. The van der Waals surface area contributed by atoms with Gasteiger partial charge in [-0.05, 0) is 70.7 Å². The van der Waals surface area contributed by atoms with E-state index in [1.54, 1.807) is 6.92 Å². The zero-order valence-corrected chi connectivity index (χ0v) is 26.4. The Morgan fingerprint density at radius 1 is 0.978 bits per heavy atom. The third-order valence-corrected chi connectivity index (χ3v) is 10.5. The van der Waals surface area contributed by atoms with Crippen LogP contribution in [0.15, 0.2) is 71.1 Å². The van der Waals surface area contributed by atoms with E-state index in [0.717, 1.165) is 61.9 Å². The lowest BCUT2D eigenvalue weighted by Crippen LogP contribution is -2.31. The molecule has 6 heteroatoms. The lowest BCUT2D eigenvalue weighted by Gasteiger charge is -2.40. The predicted octanol–water partition coefficient (Wildman–Crippen LogP) is 9.62. The Kier molecular flexibility index (Phi) is 5.93. The molecule has 4 aromatic carbocycles. The number of aromatic nitrogens is 3. The second kappa shape index (κ2) is 9.62. The molecule has 0 radical (unpaired) electrons. The topological polar surface area (TPSA) is 67.6 Å². The van der Waals surface area contributed by atoms with Crippen LogP contribution in [0.5, 0.6) is 0 Å². The molecular weight excluding hydrogens is 559 g/mol. The highest BCUT2D eigenvalue weighted by atomic mass is 19.1. The summed E-state index contributed by atoms with van der Waals surface area (Å²) in [6, 6.07) is 25.6. The van der Waals surface area contributed by atoms with Gasteiger partial charge in [0.15, 0.2) is 5.82 Å². The van der Waals surface area contributed by atoms with E-state index in [0.29, 0.717) is 5.82 Å². The Hall–Kier alpha value is -4.76. The molecule has 0 amide bonds. The van der Waals surface area contributed by atoms with Crippen molar-refractivity contribution in [3.05, 3.63) is 111 Å². The number of fused-ring (bicyclic) bond motifs is 10. The molecule has 0 saturated carbocycles. The van der Waals surface area contributed by atoms with Crippen molar-refractivity contribution in [2.24, 2.45) is 0 Å². The van der Waals surface area contributed by atoms with Gasteiger partial charge < -0.3 is 4.42 Å². The van der Waals surface area contributed by atoms with Crippen molar-refractivity contribution in [3.8, 4) is 23.1 Å². The first-order chi connectivity index (χ1) is 21.6. The van der Waals surface area contributed by atoms with Crippen LogP contribution in [0.1, 0.15) is 104 Å². The molecule has 8 rings (SSSR count). The van der Waals surface area contributed by atoms with Crippen molar-refractivity contribution in [3.63, 3.8) is 0 Å². The molecule has 0 bridgehead atoms. The minimum Gasteiger partial charge on any atom is -0.456 e. The van der Waals surface area contributed by atoms with Crippen molar-refractivity contribution in [2.45, 2.75) is 77.3 Å². The Balaban J connectivity index is 1.62. The average Bonchev–Trinajstić information content (AvgIpc) is 3.62. The zero-order valence-electron chi connectivity index (χ0n) is 26.4. The maximum absolute atomic E-state index is 15.6. The van der Waals surface area contributed by atoms with E-state index in [2.05, 4.69) is 81.4 Å². The monoisotopic (exact) mass is 594 g/mol. The number of halogens is 1. The molecule has 2 aliphatic rings. The first kappa shape index (κ1) is 27.8. The van der Waals surface area contributed by atoms with E-state index in [4.69, 9.17) is 14.5 Å². The van der Waals surface area contributed by atoms with Gasteiger partial charge in [0, 0.05) is 33.2 Å². The van der Waals surface area contributed by atoms with Crippen LogP contribution in [0.2, 0.25) is 0 Å². The average molecular weight is 595 g/mol. The van der Waals surface area contributed by atoms with Gasteiger partial charge in [-0.2, -0.15) is 10.2 Å². The van der Waals surface area contributed by atoms with Crippen LogP contribution < -0.4 is 0 Å². The molecule has 3 heterocycles. The first-order valence-corrected chi connectivity index (χ1v) is 15.9. The van der Waals surface area contributed by atoms with E-state index < -0.39 is 11.6 Å². The number of benzene rings is 4. The normalized spacial score (nSPS) is 17.7. The van der Waals surface area contributed by atoms with Crippen LogP contribution in [0.3, 0.4) is 0 Å². The number of hydrogen-bond acceptors (Lipinski definition) is 4. The van der Waals surface area contributed by atoms with Gasteiger partial charge in [0.25, 0.3) is 5.82 Å². The lowest BCUT2D eigenvalue weighted by atomic mass is 9.65. The van der Waals surface area contributed by atoms with Gasteiger partial charge in [-0.25, -0.2) is 9.07 Å². The fraction of sp³-hybridized carbons (Fsp3) is 0.308. The minimum atomic E-state index is -1.12. The number of alkyl halides is 1. The van der Waals surface area contributed by atoms with Crippen molar-refractivity contribution in [1.82, 2.24) is 14.8 Å². The molecule has 6 aromatic rings. The van der Waals surface area contributed by atoms with E-state index in [1.165, 1.54) is 16.7 Å². The summed E-state index contributed by atoms with van der Waals surface area (Å²) in [5.74, 6) is 0.704. The highest BCUT2D eigenvalue weighted by molar-refractivity contribution is 6.07. The van der Waals surface area contributed by atoms with Crippen LogP contribution in [-0.2, 0) is 11.8 Å². The van der Waals surface area contributed by atoms with Gasteiger partial charge in [0.1, 0.15) is 23.4 Å². The molecule has 45 heavy (non-hydrogen) atoms. The van der Waals surface area contributed by atoms with Gasteiger partial charge in [0.05, 0.1) is 5.69 Å². The summed E-state index contributed by atoms with van der Waals surface area (Å²) in [6.07, 6.45) is -0.351. The van der Waals surface area contributed by atoms with Crippen LogP contribution >= 0.6 is 0 Å². The van der Waals surface area contributed by atoms with E-state index in [9.17, 15) is 5.26 Å². The van der Waals surface area contributed by atoms with Gasteiger partial charge in [-0.3, -0.25) is 0 Å². The molecule has 0 fully saturated rings. The molecule has 1 aliphatic heterocycles. The fourth-order valence-corrected chi connectivity index (χ4v) is 7.88. The molecule has 2 aromatic heterocycles. The van der Waals surface area contributed by atoms with E-state index in [1.807, 2.05) is 30.7 Å². The van der Waals surface area contributed by atoms with Crippen LogP contribution in [0.25, 0.3) is 39.0 Å². The summed E-state index contributed by atoms with van der Waals surface area (Å²) in [6.45, 7) is 12.2. The van der Waals surface area contributed by atoms with Crippen molar-refractivity contribution in [1.29, 1.82) is 5.26 Å². The molecule has 0 saturated heterocycles. The predicted molar refractivity (Wildman–Crippen MR) is 176 cm³/mol. The third-order valence-electron chi connectivity index (χ3n) is 10.5. The van der Waals surface area contributed by atoms with Crippen molar-refractivity contribution >= 4 is 21.9 Å². The lowest BCUT2D eigenvalue weighted by molar-refractivity contribution is 0.237. The fourth-order valence-electron chi connectivity index (χ4n) is 7.88. The molecule has 3 atom stereocenters. The first-order valence-electron chi connectivity index (χ1n) is 15.9. The quantitative estimate of drug-likeness (QED) is 0.205. The van der Waals surface area contributed by atoms with E-state index in [-0.39, 0.29) is 23.6 Å². The Morgan fingerprint density at radius 3 is 2.49 bits per heavy atom. The van der Waals surface area contributed by atoms with Crippen LogP contribution in [-0.4, -0.2) is 20.9 Å². The molecular formula is C39H35FN4O. The third kappa shape index (κ3) is 3.76. The van der Waals surface area contributed by atoms with Gasteiger partial charge >= 0.3 is 0 Å². The number of hydrogen-bond donors (Lipinski definition) is 0. The SMILES string of the molecule is CC(C)c1cc2c(oc3ccccc32)c2c1-n1nc(C#N)nc1-c1c(C(C)(C)[C@@H](C)F)ccc3c1C(c1ccccc1C3)C2C. The Labute approximate surface area is 262 Å². The summed E-state index contributed by atoms with van der Waals surface area (Å²) in [5, 5.41) is 17.2. The second-order valence-corrected chi connectivity index (χ2v) is 13.7. The second-order valence-electron chi connectivity index (χ2n) is 13.7. The molecule has 0 N–H and O–H groups in total. The highest BCUT2D eigenvalue weighted by Gasteiger charge is 2.43. The summed E-state index contributed by atoms with van der Waals surface area (Å²) >= 11 is 0. The smallest absolute Gasteiger partial charge is 0.253 e. The van der Waals surface area contributed by atoms with Crippen molar-refractivity contribution < 1.29 is 8.81 Å². The minimum absolute atomic E-state index is 0.0511. The standard InChI is InChI=1S/C39H35FN4O/c1-20(2)27-18-28-26-13-9-10-14-30(26)45-37(28)33-21(3)32-25-12-8-7-11-23(25)17-24-15-16-29(39(5,6)22(4)40)35(34(24)32)38-42-31(19-41)43-44(38)36(27)33/h7-16,18,20-22,32H,17H2,1-6H3/t21?,22-,32?/m1/s1. The van der Waals surface area contributed by atoms with Gasteiger partial charge in [-0.15, -0.1) is 5.10 Å². The zero-order chi connectivity index (χ0) is 31.4. The summed E-state index contributed by atoms with van der Waals surface area (Å²) < 4.78 is 24.2. The Morgan fingerprint density at radius 2 is 1.73 bits per heavy atom. The van der Waals surface area contributed by atoms with Crippen molar-refractivity contribution in [2.75, 3.05) is 0 Å². The molecule has 2 unspecified atom stereocenters. The van der Waals surface area contributed by atoms with E-state index >= 15 is 4.39 Å². The van der Waals surface area contributed by atoms with Gasteiger partial charge in [0.2, 0.25) is 0 Å². The molecule has 1 aliphatic carbocycles. The summed E-state index contributed by atoms with van der Waals surface area (Å²) in [7, 11) is 0. The maximum atomic E-state index is 15.6. The maximum Gasteiger partial charge on any atom is 0.253 e. The van der Waals surface area contributed by atoms with Crippen LogP contribution in [0.4, 0.5) is 4.39 Å².